The molecule has 1 aromatic carbocycles. The molecule has 0 aliphatic carbocycles. The van der Waals surface area contributed by atoms with Gasteiger partial charge in [0.2, 0.25) is 0 Å². The molecule has 0 heterocycles. The molecule has 0 spiro atoms. The summed E-state index contributed by atoms with van der Waals surface area (Å²) in [7, 11) is 0. The lowest BCUT2D eigenvalue weighted by Gasteiger charge is -2.08. The van der Waals surface area contributed by atoms with E-state index in [2.05, 4.69) is 12.2 Å². The highest BCUT2D eigenvalue weighted by Gasteiger charge is 2.18. The van der Waals surface area contributed by atoms with Gasteiger partial charge in [0.25, 0.3) is 11.4 Å². The van der Waals surface area contributed by atoms with Crippen LogP contribution in [-0.2, 0) is 9.47 Å². The van der Waals surface area contributed by atoms with Crippen molar-refractivity contribution < 1.29 is 19.3 Å². The van der Waals surface area contributed by atoms with Gasteiger partial charge in [0.05, 0.1) is 35.7 Å². The predicted octanol–water partition coefficient (Wildman–Crippen LogP) is 7.04. The number of hydrogen-bond acceptors (Lipinski definition) is 7. The number of anilines is 1. The van der Waals surface area contributed by atoms with Gasteiger partial charge < -0.3 is 14.8 Å². The molecule has 9 heteroatoms. The Labute approximate surface area is 203 Å². The average molecular weight is 482 g/mol. The highest BCUT2D eigenvalue weighted by molar-refractivity contribution is 5.65. The van der Waals surface area contributed by atoms with Crippen molar-refractivity contribution in [2.24, 2.45) is 0 Å². The number of non-ortho nitro benzene ring substituents is 1. The van der Waals surface area contributed by atoms with E-state index >= 15 is 0 Å². The number of nitro benzene ring substituents is 2. The Morgan fingerprint density at radius 1 is 0.706 bits per heavy atom. The number of nitrogens with zero attached hydrogens (tertiary/aromatic N) is 2. The summed E-state index contributed by atoms with van der Waals surface area (Å²) in [5.41, 5.74) is -0.401. The third kappa shape index (κ3) is 14.8. The van der Waals surface area contributed by atoms with E-state index in [1.165, 1.54) is 89.2 Å². The summed E-state index contributed by atoms with van der Waals surface area (Å²) in [5.74, 6) is 0. The van der Waals surface area contributed by atoms with Crippen molar-refractivity contribution in [2.75, 3.05) is 38.3 Å². The quantitative estimate of drug-likeness (QED) is 0.101. The largest absolute Gasteiger partial charge is 0.379 e. The molecule has 0 aromatic heterocycles. The molecule has 0 aliphatic rings. The SMILES string of the molecule is CCCCCCCCCCCCCCCOCCOCCNc1ccc([N+](=O)[O-])cc1[N+](=O)[O-]. The molecule has 9 nitrogen and oxygen atoms in total. The number of rotatable bonds is 23. The lowest BCUT2D eigenvalue weighted by atomic mass is 10.0. The van der Waals surface area contributed by atoms with Gasteiger partial charge in [0.1, 0.15) is 5.69 Å². The summed E-state index contributed by atoms with van der Waals surface area (Å²) in [5, 5.41) is 24.8. The lowest BCUT2D eigenvalue weighted by Crippen LogP contribution is -2.13. The van der Waals surface area contributed by atoms with Crippen molar-refractivity contribution in [2.45, 2.75) is 90.4 Å². The molecule has 0 saturated heterocycles. The first-order chi connectivity index (χ1) is 16.6. The van der Waals surface area contributed by atoms with Crippen LogP contribution in [0.15, 0.2) is 18.2 Å². The molecule has 1 aromatic rings. The van der Waals surface area contributed by atoms with Crippen molar-refractivity contribution in [3.63, 3.8) is 0 Å². The highest BCUT2D eigenvalue weighted by Crippen LogP contribution is 2.28. The van der Waals surface area contributed by atoms with Crippen LogP contribution in [-0.4, -0.2) is 42.8 Å². The van der Waals surface area contributed by atoms with E-state index < -0.39 is 9.85 Å². The molecule has 0 bridgehead atoms. The number of nitrogens with one attached hydrogen (secondary N) is 1. The summed E-state index contributed by atoms with van der Waals surface area (Å²) >= 11 is 0. The maximum absolute atomic E-state index is 11.1. The molecule has 0 atom stereocenters. The molecule has 0 aliphatic heterocycles. The van der Waals surface area contributed by atoms with Crippen LogP contribution in [0, 0.1) is 20.2 Å². The van der Waals surface area contributed by atoms with Gasteiger partial charge in [-0.1, -0.05) is 84.0 Å². The van der Waals surface area contributed by atoms with Crippen molar-refractivity contribution >= 4 is 17.1 Å². The lowest BCUT2D eigenvalue weighted by molar-refractivity contribution is -0.393. The van der Waals surface area contributed by atoms with Crippen LogP contribution in [0.1, 0.15) is 90.4 Å². The summed E-state index contributed by atoms with van der Waals surface area (Å²) in [4.78, 5) is 20.6. The van der Waals surface area contributed by atoms with Gasteiger partial charge in [-0.25, -0.2) is 0 Å². The Hall–Kier alpha value is -2.26. The number of unbranched alkanes of at least 4 members (excludes halogenated alkanes) is 12. The normalized spacial score (nSPS) is 11.0. The van der Waals surface area contributed by atoms with Crippen LogP contribution in [0.3, 0.4) is 0 Å². The molecule has 0 saturated carbocycles. The van der Waals surface area contributed by atoms with Crippen LogP contribution in [0.5, 0.6) is 0 Å². The van der Waals surface area contributed by atoms with Gasteiger partial charge in [-0.05, 0) is 12.5 Å². The maximum atomic E-state index is 11.1. The van der Waals surface area contributed by atoms with Gasteiger partial charge in [-0.3, -0.25) is 20.2 Å². The molecule has 0 amide bonds. The molecule has 0 unspecified atom stereocenters. The Morgan fingerprint density at radius 2 is 1.24 bits per heavy atom. The van der Waals surface area contributed by atoms with Crippen molar-refractivity contribution in [1.82, 2.24) is 0 Å². The van der Waals surface area contributed by atoms with E-state index in [1.54, 1.807) is 0 Å². The average Bonchev–Trinajstić information content (AvgIpc) is 2.82. The standard InChI is InChI=1S/C25H43N3O6/c1-2-3-4-5-6-7-8-9-10-11-12-13-14-18-33-20-21-34-19-17-26-24-16-15-23(27(29)30)22-25(24)28(31)32/h15-16,22,26H,2-14,17-21H2,1H3. The first-order valence-corrected chi connectivity index (χ1v) is 12.9. The molecule has 0 fully saturated rings. The van der Waals surface area contributed by atoms with Gasteiger partial charge >= 0.3 is 0 Å². The number of ether oxygens (including phenoxy) is 2. The zero-order chi connectivity index (χ0) is 24.9. The Bertz CT molecular complexity index is 687. The predicted molar refractivity (Wildman–Crippen MR) is 136 cm³/mol. The van der Waals surface area contributed by atoms with E-state index in [0.29, 0.717) is 26.4 Å². The van der Waals surface area contributed by atoms with Crippen LogP contribution in [0.2, 0.25) is 0 Å². The Balaban J connectivity index is 1.90. The van der Waals surface area contributed by atoms with E-state index in [9.17, 15) is 20.2 Å². The summed E-state index contributed by atoms with van der Waals surface area (Å²) < 4.78 is 11.1. The second-order valence-corrected chi connectivity index (χ2v) is 8.61. The first-order valence-electron chi connectivity index (χ1n) is 12.9. The molecule has 1 rings (SSSR count). The van der Waals surface area contributed by atoms with Crippen LogP contribution >= 0.6 is 0 Å². The number of benzene rings is 1. The number of hydrogen-bond donors (Lipinski definition) is 1. The Kier molecular flexibility index (Phi) is 17.6. The van der Waals surface area contributed by atoms with Crippen LogP contribution < -0.4 is 5.32 Å². The number of nitro groups is 2. The topological polar surface area (TPSA) is 117 Å². The zero-order valence-electron chi connectivity index (χ0n) is 20.8. The van der Waals surface area contributed by atoms with Gasteiger partial charge in [0, 0.05) is 19.2 Å². The smallest absolute Gasteiger partial charge is 0.299 e. The molecule has 1 N–H and O–H groups in total. The summed E-state index contributed by atoms with van der Waals surface area (Å²) in [6, 6.07) is 3.53. The molecule has 34 heavy (non-hydrogen) atoms. The highest BCUT2D eigenvalue weighted by atomic mass is 16.6. The monoisotopic (exact) mass is 481 g/mol. The maximum Gasteiger partial charge on any atom is 0.299 e. The minimum Gasteiger partial charge on any atom is -0.379 e. The fraction of sp³-hybridized carbons (Fsp3) is 0.760. The Morgan fingerprint density at radius 3 is 1.76 bits per heavy atom. The van der Waals surface area contributed by atoms with Gasteiger partial charge in [0.15, 0.2) is 0 Å². The summed E-state index contributed by atoms with van der Waals surface area (Å²) in [6.45, 7) is 4.70. The van der Waals surface area contributed by atoms with Crippen molar-refractivity contribution in [3.05, 3.63) is 38.4 Å². The van der Waals surface area contributed by atoms with E-state index in [-0.39, 0.29) is 17.1 Å². The third-order valence-electron chi connectivity index (χ3n) is 5.71. The van der Waals surface area contributed by atoms with E-state index in [1.807, 2.05) is 0 Å². The van der Waals surface area contributed by atoms with E-state index in [0.717, 1.165) is 19.1 Å². The van der Waals surface area contributed by atoms with Crippen molar-refractivity contribution in [3.8, 4) is 0 Å². The third-order valence-corrected chi connectivity index (χ3v) is 5.71. The van der Waals surface area contributed by atoms with E-state index in [4.69, 9.17) is 9.47 Å². The fourth-order valence-corrected chi connectivity index (χ4v) is 3.74. The van der Waals surface area contributed by atoms with Crippen LogP contribution in [0.4, 0.5) is 17.1 Å². The van der Waals surface area contributed by atoms with Crippen molar-refractivity contribution in [1.29, 1.82) is 0 Å². The molecule has 0 radical (unpaired) electrons. The summed E-state index contributed by atoms with van der Waals surface area (Å²) in [6.07, 6.45) is 17.3. The molecular formula is C25H43N3O6. The second kappa shape index (κ2) is 20.1. The van der Waals surface area contributed by atoms with Gasteiger partial charge in [-0.15, -0.1) is 0 Å². The molecule has 194 valence electrons. The second-order valence-electron chi connectivity index (χ2n) is 8.61. The first kappa shape index (κ1) is 29.8. The minimum atomic E-state index is -0.655. The zero-order valence-corrected chi connectivity index (χ0v) is 20.8. The van der Waals surface area contributed by atoms with Crippen LogP contribution in [0.25, 0.3) is 0 Å². The minimum absolute atomic E-state index is 0.234. The molecular weight excluding hydrogens is 438 g/mol. The van der Waals surface area contributed by atoms with Gasteiger partial charge in [-0.2, -0.15) is 0 Å². The fourth-order valence-electron chi connectivity index (χ4n) is 3.74.